The van der Waals surface area contributed by atoms with Crippen LogP contribution >= 0.6 is 11.6 Å². The highest BCUT2D eigenvalue weighted by Gasteiger charge is 2.12. The van der Waals surface area contributed by atoms with Crippen LogP contribution in [0.3, 0.4) is 0 Å². The average Bonchev–Trinajstić information content (AvgIpc) is 2.59. The summed E-state index contributed by atoms with van der Waals surface area (Å²) >= 11 is 6.07. The first-order chi connectivity index (χ1) is 11.6. The summed E-state index contributed by atoms with van der Waals surface area (Å²) in [6.07, 6.45) is 1.41. The number of rotatable bonds is 4. The van der Waals surface area contributed by atoms with Crippen LogP contribution in [0.25, 0.3) is 11.3 Å². The van der Waals surface area contributed by atoms with Gasteiger partial charge in [-0.25, -0.2) is 9.97 Å². The number of hydrogen-bond acceptors (Lipinski definition) is 5. The van der Waals surface area contributed by atoms with Crippen LogP contribution in [-0.4, -0.2) is 15.1 Å². The number of aromatic hydroxyl groups is 1. The monoisotopic (exact) mass is 340 g/mol. The van der Waals surface area contributed by atoms with E-state index in [2.05, 4.69) is 15.3 Å². The van der Waals surface area contributed by atoms with E-state index in [-0.39, 0.29) is 5.75 Å². The molecule has 4 N–H and O–H groups in total. The molecule has 0 atom stereocenters. The van der Waals surface area contributed by atoms with Gasteiger partial charge >= 0.3 is 0 Å². The molecule has 0 saturated heterocycles. The molecule has 6 heteroatoms. The molecule has 2 aromatic carbocycles. The maximum atomic E-state index is 10.5. The molecule has 1 aromatic heterocycles. The van der Waals surface area contributed by atoms with Crippen LogP contribution < -0.4 is 11.1 Å². The molecule has 0 aliphatic rings. The van der Waals surface area contributed by atoms with Gasteiger partial charge in [-0.15, -0.1) is 0 Å². The molecule has 0 saturated carbocycles. The molecular formula is C18H17ClN4O. The van der Waals surface area contributed by atoms with Crippen molar-refractivity contribution in [1.29, 1.82) is 0 Å². The van der Waals surface area contributed by atoms with E-state index in [4.69, 9.17) is 17.3 Å². The SMILES string of the molecule is Cc1ccc(-c2ncnc(Nc3ccc(Cl)c(CN)c3)c2O)cc1. The van der Waals surface area contributed by atoms with Crippen molar-refractivity contribution in [2.75, 3.05) is 5.32 Å². The highest BCUT2D eigenvalue weighted by molar-refractivity contribution is 6.31. The molecule has 0 spiro atoms. The van der Waals surface area contributed by atoms with Gasteiger partial charge in [0.05, 0.1) is 0 Å². The van der Waals surface area contributed by atoms with Crippen molar-refractivity contribution in [1.82, 2.24) is 9.97 Å². The summed E-state index contributed by atoms with van der Waals surface area (Å²) < 4.78 is 0. The Bertz CT molecular complexity index is 865. The van der Waals surface area contributed by atoms with Crippen LogP contribution in [-0.2, 0) is 6.54 Å². The van der Waals surface area contributed by atoms with Gasteiger partial charge < -0.3 is 16.2 Å². The zero-order chi connectivity index (χ0) is 17.1. The third-order valence-electron chi connectivity index (χ3n) is 3.68. The number of nitrogens with two attached hydrogens (primary N) is 1. The normalized spacial score (nSPS) is 10.6. The average molecular weight is 341 g/mol. The Balaban J connectivity index is 1.95. The lowest BCUT2D eigenvalue weighted by atomic mass is 10.1. The Morgan fingerprint density at radius 1 is 1.12 bits per heavy atom. The van der Waals surface area contributed by atoms with Gasteiger partial charge in [0.15, 0.2) is 11.6 Å². The topological polar surface area (TPSA) is 84.1 Å². The summed E-state index contributed by atoms with van der Waals surface area (Å²) in [5, 5.41) is 14.2. The Morgan fingerprint density at radius 3 is 2.58 bits per heavy atom. The van der Waals surface area contributed by atoms with E-state index in [1.807, 2.05) is 37.3 Å². The van der Waals surface area contributed by atoms with Crippen molar-refractivity contribution in [3.63, 3.8) is 0 Å². The van der Waals surface area contributed by atoms with Crippen LogP contribution in [0.15, 0.2) is 48.8 Å². The maximum absolute atomic E-state index is 10.5. The number of nitrogens with zero attached hydrogens (tertiary/aromatic N) is 2. The van der Waals surface area contributed by atoms with E-state index < -0.39 is 0 Å². The van der Waals surface area contributed by atoms with E-state index in [0.29, 0.717) is 23.1 Å². The second-order valence-corrected chi connectivity index (χ2v) is 5.83. The van der Waals surface area contributed by atoms with Crippen molar-refractivity contribution in [2.45, 2.75) is 13.5 Å². The Kier molecular flexibility index (Phi) is 4.64. The lowest BCUT2D eigenvalue weighted by molar-refractivity contribution is 0.475. The zero-order valence-corrected chi connectivity index (χ0v) is 13.9. The van der Waals surface area contributed by atoms with E-state index in [9.17, 15) is 5.11 Å². The molecule has 0 bridgehead atoms. The quantitative estimate of drug-likeness (QED) is 0.668. The van der Waals surface area contributed by atoms with E-state index >= 15 is 0 Å². The number of hydrogen-bond donors (Lipinski definition) is 3. The van der Waals surface area contributed by atoms with E-state index in [1.165, 1.54) is 6.33 Å². The van der Waals surface area contributed by atoms with Crippen LogP contribution in [0.4, 0.5) is 11.5 Å². The van der Waals surface area contributed by atoms with Gasteiger partial charge in [-0.05, 0) is 30.7 Å². The molecule has 0 fully saturated rings. The van der Waals surface area contributed by atoms with Crippen LogP contribution in [0.1, 0.15) is 11.1 Å². The minimum absolute atomic E-state index is 0.00870. The summed E-state index contributed by atoms with van der Waals surface area (Å²) in [4.78, 5) is 8.30. The smallest absolute Gasteiger partial charge is 0.185 e. The third kappa shape index (κ3) is 3.32. The van der Waals surface area contributed by atoms with Gasteiger partial charge in [-0.3, -0.25) is 0 Å². The van der Waals surface area contributed by atoms with Crippen LogP contribution in [0.5, 0.6) is 5.75 Å². The number of halogens is 1. The fraction of sp³-hybridized carbons (Fsp3) is 0.111. The predicted molar refractivity (Wildman–Crippen MR) is 96.5 cm³/mol. The molecule has 0 unspecified atom stereocenters. The maximum Gasteiger partial charge on any atom is 0.185 e. The second kappa shape index (κ2) is 6.86. The summed E-state index contributed by atoms with van der Waals surface area (Å²) in [5.74, 6) is 0.316. The largest absolute Gasteiger partial charge is 0.503 e. The summed E-state index contributed by atoms with van der Waals surface area (Å²) in [5.41, 5.74) is 9.66. The second-order valence-electron chi connectivity index (χ2n) is 5.42. The van der Waals surface area contributed by atoms with Gasteiger partial charge in [0.2, 0.25) is 0 Å². The molecule has 1 heterocycles. The number of anilines is 2. The van der Waals surface area contributed by atoms with Gasteiger partial charge in [-0.1, -0.05) is 41.4 Å². The molecule has 3 aromatic rings. The lowest BCUT2D eigenvalue weighted by Gasteiger charge is -2.12. The van der Waals surface area contributed by atoms with E-state index in [1.54, 1.807) is 12.1 Å². The lowest BCUT2D eigenvalue weighted by Crippen LogP contribution is -2.00. The van der Waals surface area contributed by atoms with Gasteiger partial charge in [-0.2, -0.15) is 0 Å². The van der Waals surface area contributed by atoms with Crippen LogP contribution in [0, 0.1) is 6.92 Å². The Hall–Kier alpha value is -2.63. The van der Waals surface area contributed by atoms with Crippen molar-refractivity contribution in [3.8, 4) is 17.0 Å². The van der Waals surface area contributed by atoms with Gasteiger partial charge in [0.1, 0.15) is 12.0 Å². The number of benzene rings is 2. The first-order valence-electron chi connectivity index (χ1n) is 7.45. The summed E-state index contributed by atoms with van der Waals surface area (Å²) in [6, 6.07) is 13.1. The predicted octanol–water partition coefficient (Wildman–Crippen LogP) is 4.01. The fourth-order valence-electron chi connectivity index (χ4n) is 2.34. The zero-order valence-electron chi connectivity index (χ0n) is 13.1. The highest BCUT2D eigenvalue weighted by Crippen LogP contribution is 2.34. The third-order valence-corrected chi connectivity index (χ3v) is 4.04. The summed E-state index contributed by atoms with van der Waals surface area (Å²) in [7, 11) is 0. The fourth-order valence-corrected chi connectivity index (χ4v) is 2.53. The van der Waals surface area contributed by atoms with Crippen molar-refractivity contribution < 1.29 is 5.11 Å². The van der Waals surface area contributed by atoms with Crippen LogP contribution in [0.2, 0.25) is 5.02 Å². The number of aromatic nitrogens is 2. The van der Waals surface area contributed by atoms with Crippen molar-refractivity contribution in [2.24, 2.45) is 5.73 Å². The molecule has 122 valence electrons. The minimum atomic E-state index is -0.00870. The molecular weight excluding hydrogens is 324 g/mol. The summed E-state index contributed by atoms with van der Waals surface area (Å²) in [6.45, 7) is 2.34. The molecule has 0 aliphatic carbocycles. The standard InChI is InChI=1S/C18H17ClN4O/c1-11-2-4-12(5-3-11)16-17(24)18(22-10-21-16)23-14-6-7-15(19)13(8-14)9-20/h2-8,10,24H,9,20H2,1H3,(H,21,22,23). The Labute approximate surface area is 145 Å². The molecule has 0 aliphatic heterocycles. The number of nitrogens with one attached hydrogen (secondary N) is 1. The van der Waals surface area contributed by atoms with E-state index in [0.717, 1.165) is 22.4 Å². The number of aryl methyl sites for hydroxylation is 1. The van der Waals surface area contributed by atoms with Gasteiger partial charge in [0, 0.05) is 22.8 Å². The molecule has 24 heavy (non-hydrogen) atoms. The molecule has 3 rings (SSSR count). The molecule has 5 nitrogen and oxygen atoms in total. The first kappa shape index (κ1) is 16.2. The molecule has 0 radical (unpaired) electrons. The van der Waals surface area contributed by atoms with Crippen molar-refractivity contribution in [3.05, 3.63) is 64.9 Å². The Morgan fingerprint density at radius 2 is 1.88 bits per heavy atom. The highest BCUT2D eigenvalue weighted by atomic mass is 35.5. The molecule has 0 amide bonds. The minimum Gasteiger partial charge on any atom is -0.503 e. The first-order valence-corrected chi connectivity index (χ1v) is 7.83. The van der Waals surface area contributed by atoms with Crippen molar-refractivity contribution >= 4 is 23.1 Å². The van der Waals surface area contributed by atoms with Gasteiger partial charge in [0.25, 0.3) is 0 Å².